The molecule has 1 saturated heterocycles. The fourth-order valence-corrected chi connectivity index (χ4v) is 8.68. The number of likely N-dealkylation sites (tertiary alicyclic amines) is 1. The first-order valence-corrected chi connectivity index (χ1v) is 19.9. The Balaban J connectivity index is 0.000000356. The predicted molar refractivity (Wildman–Crippen MR) is 217 cm³/mol. The van der Waals surface area contributed by atoms with Gasteiger partial charge in [0.25, 0.3) is 0 Å². The average Bonchev–Trinajstić information content (AvgIpc) is 4.11. The van der Waals surface area contributed by atoms with Gasteiger partial charge in [-0.25, -0.2) is 19.7 Å². The second-order valence-corrected chi connectivity index (χ2v) is 15.5. The van der Waals surface area contributed by atoms with Crippen LogP contribution in [0.25, 0.3) is 33.6 Å². The Kier molecular flexibility index (Phi) is 12.3. The molecule has 2 aliphatic carbocycles. The first-order valence-electron chi connectivity index (χ1n) is 19.9. The van der Waals surface area contributed by atoms with Gasteiger partial charge in [-0.1, -0.05) is 74.9 Å². The van der Waals surface area contributed by atoms with Crippen LogP contribution >= 0.6 is 0 Å². The van der Waals surface area contributed by atoms with E-state index in [4.69, 9.17) is 14.5 Å². The topological polar surface area (TPSA) is 167 Å². The highest BCUT2D eigenvalue weighted by atomic mass is 16.5. The lowest BCUT2D eigenvalue weighted by molar-refractivity contribution is -0.135. The van der Waals surface area contributed by atoms with Crippen molar-refractivity contribution >= 4 is 18.4 Å². The van der Waals surface area contributed by atoms with Gasteiger partial charge in [-0.2, -0.15) is 0 Å². The Morgan fingerprint density at radius 1 is 0.860 bits per heavy atom. The minimum absolute atomic E-state index is 0.0743. The number of hydrogen-bond acceptors (Lipinski definition) is 8. The molecular formula is C44H52N8O5. The molecule has 57 heavy (non-hydrogen) atoms. The fraction of sp³-hybridized carbons (Fsp3) is 0.409. The zero-order chi connectivity index (χ0) is 39.9. The fourth-order valence-electron chi connectivity index (χ4n) is 8.68. The number of ether oxygens (including phenoxy) is 2. The number of imidazole rings is 2. The van der Waals surface area contributed by atoms with Crippen LogP contribution in [-0.2, 0) is 20.9 Å². The van der Waals surface area contributed by atoms with E-state index >= 15 is 0 Å². The molecule has 4 heterocycles. The highest BCUT2D eigenvalue weighted by Crippen LogP contribution is 2.52. The number of alkyl carbamates (subject to hydrolysis) is 1. The second-order valence-electron chi connectivity index (χ2n) is 15.5. The summed E-state index contributed by atoms with van der Waals surface area (Å²) in [5, 5.41) is 5.24. The highest BCUT2D eigenvalue weighted by molar-refractivity contribution is 5.86. The standard InChI is InChI=1S/C36H42N6O3.C8H10N2O2/c1-21(2)32(41-36(44)45-3)35(43)42-16-4-5-31(42)34-38-20-30(40-34)26-14-10-24(11-15-26)23-8-12-25(13-9-23)29-19-37-33(39-29)28-18-22-6-7-27(28)17-22;1-12-8-7(5-9-6-11)3-2-4-10-8/h8-15,19-22,27-28,31-32H,4-7,16-18H2,1-3H3,(H,37,39)(H,38,40)(H,41,44);2-4,6H,5H2,1H3,(H,9,11). The Hall–Kier alpha value is -5.98. The van der Waals surface area contributed by atoms with Gasteiger partial charge in [-0.3, -0.25) is 9.59 Å². The number of H-pyrrole nitrogens is 2. The number of pyridine rings is 1. The van der Waals surface area contributed by atoms with Gasteiger partial charge in [0, 0.05) is 30.8 Å². The molecule has 13 nitrogen and oxygen atoms in total. The molecule has 2 bridgehead atoms. The molecule has 5 aromatic rings. The number of carbonyl (C=O) groups is 3. The molecule has 3 amide bonds. The van der Waals surface area contributed by atoms with E-state index in [2.05, 4.69) is 79.1 Å². The number of nitrogens with zero attached hydrogens (tertiary/aromatic N) is 4. The molecule has 5 unspecified atom stereocenters. The minimum atomic E-state index is -0.655. The molecule has 8 rings (SSSR count). The van der Waals surface area contributed by atoms with Gasteiger partial charge in [0.05, 0.1) is 44.0 Å². The van der Waals surface area contributed by atoms with Gasteiger partial charge in [0.2, 0.25) is 18.2 Å². The summed E-state index contributed by atoms with van der Waals surface area (Å²) in [6.45, 7) is 4.91. The highest BCUT2D eigenvalue weighted by Gasteiger charge is 2.41. The average molecular weight is 773 g/mol. The van der Waals surface area contributed by atoms with E-state index in [-0.39, 0.29) is 17.9 Å². The lowest BCUT2D eigenvalue weighted by atomic mass is 9.88. The Morgan fingerprint density at radius 3 is 2.09 bits per heavy atom. The minimum Gasteiger partial charge on any atom is -0.481 e. The summed E-state index contributed by atoms with van der Waals surface area (Å²) in [7, 11) is 2.85. The van der Waals surface area contributed by atoms with Crippen LogP contribution in [0.3, 0.4) is 0 Å². The second kappa shape index (κ2) is 17.9. The normalized spacial score (nSPS) is 20.1. The quantitative estimate of drug-likeness (QED) is 0.0951. The number of aromatic nitrogens is 5. The molecular weight excluding hydrogens is 721 g/mol. The first-order chi connectivity index (χ1) is 27.8. The van der Waals surface area contributed by atoms with Gasteiger partial charge in [-0.05, 0) is 78.2 Å². The van der Waals surface area contributed by atoms with Crippen molar-refractivity contribution < 1.29 is 23.9 Å². The molecule has 13 heteroatoms. The van der Waals surface area contributed by atoms with E-state index in [9.17, 15) is 14.4 Å². The Morgan fingerprint density at radius 2 is 1.51 bits per heavy atom. The Bertz CT molecular complexity index is 2130. The van der Waals surface area contributed by atoms with E-state index in [0.29, 0.717) is 31.3 Å². The molecule has 5 atom stereocenters. The van der Waals surface area contributed by atoms with E-state index < -0.39 is 12.1 Å². The van der Waals surface area contributed by atoms with Gasteiger partial charge in [0.1, 0.15) is 17.7 Å². The van der Waals surface area contributed by atoms with Gasteiger partial charge in [0.15, 0.2) is 0 Å². The van der Waals surface area contributed by atoms with Crippen molar-refractivity contribution in [3.63, 3.8) is 0 Å². The molecule has 3 aliphatic rings. The van der Waals surface area contributed by atoms with Crippen molar-refractivity contribution in [2.24, 2.45) is 17.8 Å². The van der Waals surface area contributed by atoms with Crippen LogP contribution < -0.4 is 15.4 Å². The molecule has 4 N–H and O–H groups in total. The van der Waals surface area contributed by atoms with Crippen LogP contribution in [-0.4, -0.2) is 75.0 Å². The van der Waals surface area contributed by atoms with Crippen molar-refractivity contribution in [2.75, 3.05) is 20.8 Å². The first kappa shape index (κ1) is 39.3. The number of amides is 3. The number of hydrogen-bond donors (Lipinski definition) is 4. The summed E-state index contributed by atoms with van der Waals surface area (Å²) in [5.74, 6) is 4.62. The SMILES string of the molecule is COC(=O)NC(C(=O)N1CCCC1c1ncc(-c2ccc(-c3ccc(-c4cnc(C5CC6CCC5C6)[nH]4)cc3)cc2)[nH]1)C(C)C.COc1ncccc1CNC=O. The number of rotatable bonds is 12. The van der Waals surface area contributed by atoms with Crippen LogP contribution in [0.2, 0.25) is 0 Å². The lowest BCUT2D eigenvalue weighted by Crippen LogP contribution is -2.51. The number of aromatic amines is 2. The summed E-state index contributed by atoms with van der Waals surface area (Å²) in [4.78, 5) is 57.7. The van der Waals surface area contributed by atoms with Crippen molar-refractivity contribution in [3.8, 4) is 39.5 Å². The maximum Gasteiger partial charge on any atom is 0.407 e. The number of carbonyl (C=O) groups excluding carboxylic acids is 3. The van der Waals surface area contributed by atoms with Crippen LogP contribution in [0.15, 0.2) is 79.3 Å². The number of benzene rings is 2. The van der Waals surface area contributed by atoms with Gasteiger partial charge in [-0.15, -0.1) is 0 Å². The number of fused-ring (bicyclic) bond motifs is 2. The molecule has 3 aromatic heterocycles. The third-order valence-corrected chi connectivity index (χ3v) is 11.7. The Labute approximate surface area is 333 Å². The van der Waals surface area contributed by atoms with Crippen LogP contribution in [0.5, 0.6) is 5.88 Å². The van der Waals surface area contributed by atoms with Crippen LogP contribution in [0.4, 0.5) is 4.79 Å². The third-order valence-electron chi connectivity index (χ3n) is 11.7. The molecule has 298 valence electrons. The number of nitrogens with one attached hydrogen (secondary N) is 4. The molecule has 0 radical (unpaired) electrons. The predicted octanol–water partition coefficient (Wildman–Crippen LogP) is 7.42. The molecule has 2 aromatic carbocycles. The summed E-state index contributed by atoms with van der Waals surface area (Å²) in [6.07, 6.45) is 12.6. The van der Waals surface area contributed by atoms with Gasteiger partial charge >= 0.3 is 6.09 Å². The van der Waals surface area contributed by atoms with Crippen molar-refractivity contribution in [1.29, 1.82) is 0 Å². The van der Waals surface area contributed by atoms with Crippen molar-refractivity contribution in [1.82, 2.24) is 40.5 Å². The van der Waals surface area contributed by atoms with Crippen LogP contribution in [0.1, 0.15) is 81.5 Å². The number of methoxy groups -OCH3 is 2. The van der Waals surface area contributed by atoms with Crippen molar-refractivity contribution in [3.05, 3.63) is 96.5 Å². The monoisotopic (exact) mass is 772 g/mol. The molecule has 0 spiro atoms. The molecule has 2 saturated carbocycles. The van der Waals surface area contributed by atoms with E-state index in [1.165, 1.54) is 38.6 Å². The van der Waals surface area contributed by atoms with Crippen molar-refractivity contribution in [2.45, 2.75) is 76.9 Å². The summed E-state index contributed by atoms with van der Waals surface area (Å²) in [5.41, 5.74) is 7.35. The third kappa shape index (κ3) is 8.87. The summed E-state index contributed by atoms with van der Waals surface area (Å²) in [6, 6.07) is 20.0. The maximum atomic E-state index is 13.5. The van der Waals surface area contributed by atoms with E-state index in [1.54, 1.807) is 19.4 Å². The molecule has 3 fully saturated rings. The summed E-state index contributed by atoms with van der Waals surface area (Å²) < 4.78 is 9.72. The maximum absolute atomic E-state index is 13.5. The lowest BCUT2D eigenvalue weighted by Gasteiger charge is -2.30. The van der Waals surface area contributed by atoms with E-state index in [0.717, 1.165) is 69.7 Å². The van der Waals surface area contributed by atoms with E-state index in [1.807, 2.05) is 37.2 Å². The zero-order valence-electron chi connectivity index (χ0n) is 33.0. The molecule has 1 aliphatic heterocycles. The largest absolute Gasteiger partial charge is 0.481 e. The summed E-state index contributed by atoms with van der Waals surface area (Å²) >= 11 is 0. The zero-order valence-corrected chi connectivity index (χ0v) is 33.0. The smallest absolute Gasteiger partial charge is 0.407 e. The van der Waals surface area contributed by atoms with Crippen LogP contribution in [0, 0.1) is 17.8 Å². The van der Waals surface area contributed by atoms with Gasteiger partial charge < -0.3 is 35.0 Å².